The Bertz CT molecular complexity index is 542. The van der Waals surface area contributed by atoms with Crippen LogP contribution in [0.5, 0.6) is 0 Å². The molecule has 0 nitrogen and oxygen atoms in total. The first-order valence-electron chi connectivity index (χ1n) is 6.40. The summed E-state index contributed by atoms with van der Waals surface area (Å²) < 4.78 is 0. The Balaban J connectivity index is 0. The molecule has 3 aromatic rings. The Hall–Kier alpha value is -0.508. The Morgan fingerprint density at radius 2 is 0.609 bits per heavy atom. The zero-order valence-electron chi connectivity index (χ0n) is 12.3. The second-order valence-corrected chi connectivity index (χ2v) is 6.56. The van der Waals surface area contributed by atoms with Crippen LogP contribution in [0.4, 0.5) is 0 Å². The third kappa shape index (κ3) is 6.48. The van der Waals surface area contributed by atoms with Crippen molar-refractivity contribution in [3.8, 4) is 0 Å². The number of hydrogen-bond acceptors (Lipinski definition) is 0. The van der Waals surface area contributed by atoms with Crippen LogP contribution in [-0.2, 0) is 0 Å². The maximum Gasteiger partial charge on any atom is 3.00 e. The number of halogens is 3. The number of hydrogen-bond donors (Lipinski definition) is 0. The standard InChI is InChI=1S/C18H15P.Al.3ClH/c1-4-10-16(11-5-1)19(17-12-6-2-7-13-17)18-14-8-3-9-15-18;;;;/h1-15H;;3*1H/q;+3;;;/p-3. The molecule has 0 bridgehead atoms. The normalized spacial score (nSPS) is 8.74. The Morgan fingerprint density at radius 1 is 0.391 bits per heavy atom. The minimum atomic E-state index is -0.446. The van der Waals surface area contributed by atoms with Gasteiger partial charge in [0.15, 0.2) is 0 Å². The van der Waals surface area contributed by atoms with Gasteiger partial charge in [0.2, 0.25) is 0 Å². The molecule has 0 saturated heterocycles. The van der Waals surface area contributed by atoms with Gasteiger partial charge in [-0.05, 0) is 23.8 Å². The molecular weight excluding hydrogens is 381 g/mol. The van der Waals surface area contributed by atoms with Crippen molar-refractivity contribution in [1.82, 2.24) is 0 Å². The summed E-state index contributed by atoms with van der Waals surface area (Å²) in [5, 5.41) is 4.19. The molecule has 0 atom stereocenters. The van der Waals surface area contributed by atoms with Crippen molar-refractivity contribution in [2.75, 3.05) is 0 Å². The van der Waals surface area contributed by atoms with Gasteiger partial charge in [0.05, 0.1) is 0 Å². The summed E-state index contributed by atoms with van der Waals surface area (Å²) in [6.45, 7) is 0. The van der Waals surface area contributed by atoms with Gasteiger partial charge in [-0.3, -0.25) is 0 Å². The molecule has 0 amide bonds. The van der Waals surface area contributed by atoms with Crippen LogP contribution in [0, 0.1) is 0 Å². The van der Waals surface area contributed by atoms with Crippen LogP contribution >= 0.6 is 7.92 Å². The summed E-state index contributed by atoms with van der Waals surface area (Å²) in [6, 6.07) is 32.3. The number of benzene rings is 3. The summed E-state index contributed by atoms with van der Waals surface area (Å²) in [4.78, 5) is 0. The van der Waals surface area contributed by atoms with Crippen molar-refractivity contribution in [1.29, 1.82) is 0 Å². The summed E-state index contributed by atoms with van der Waals surface area (Å²) in [5.74, 6) is 0. The van der Waals surface area contributed by atoms with Crippen LogP contribution in [0.25, 0.3) is 0 Å². The van der Waals surface area contributed by atoms with Crippen LogP contribution < -0.4 is 53.1 Å². The van der Waals surface area contributed by atoms with Gasteiger partial charge in [-0.2, -0.15) is 0 Å². The molecule has 0 saturated carbocycles. The molecule has 116 valence electrons. The largest absolute Gasteiger partial charge is 3.00 e. The summed E-state index contributed by atoms with van der Waals surface area (Å²) in [7, 11) is -0.446. The van der Waals surface area contributed by atoms with Crippen molar-refractivity contribution in [3.05, 3.63) is 91.0 Å². The molecule has 3 aromatic carbocycles. The van der Waals surface area contributed by atoms with E-state index in [9.17, 15) is 0 Å². The van der Waals surface area contributed by atoms with Crippen molar-refractivity contribution in [2.24, 2.45) is 0 Å². The fourth-order valence-electron chi connectivity index (χ4n) is 2.18. The molecule has 0 radical (unpaired) electrons. The van der Waals surface area contributed by atoms with Gasteiger partial charge < -0.3 is 37.2 Å². The zero-order chi connectivity index (χ0) is 12.9. The Labute approximate surface area is 168 Å². The van der Waals surface area contributed by atoms with Crippen molar-refractivity contribution < 1.29 is 37.2 Å². The predicted octanol–water partition coefficient (Wildman–Crippen LogP) is -5.92. The van der Waals surface area contributed by atoms with E-state index in [0.29, 0.717) is 0 Å². The van der Waals surface area contributed by atoms with Gasteiger partial charge in [-0.1, -0.05) is 91.0 Å². The van der Waals surface area contributed by atoms with Crippen LogP contribution in [0.15, 0.2) is 91.0 Å². The van der Waals surface area contributed by atoms with E-state index in [1.54, 1.807) is 0 Å². The average Bonchev–Trinajstić information content (AvgIpc) is 2.51. The quantitative estimate of drug-likeness (QED) is 0.306. The minimum absolute atomic E-state index is 0. The third-order valence-electron chi connectivity index (χ3n) is 3.04. The monoisotopic (exact) mass is 394 g/mol. The maximum absolute atomic E-state index is 2.23. The Kier molecular flexibility index (Phi) is 13.8. The van der Waals surface area contributed by atoms with Crippen molar-refractivity contribution in [2.45, 2.75) is 0 Å². The number of rotatable bonds is 3. The van der Waals surface area contributed by atoms with Crippen LogP contribution in [0.1, 0.15) is 0 Å². The molecule has 0 unspecified atom stereocenters. The second kappa shape index (κ2) is 12.9. The van der Waals surface area contributed by atoms with E-state index in [1.165, 1.54) is 15.9 Å². The van der Waals surface area contributed by atoms with E-state index in [-0.39, 0.29) is 54.6 Å². The topological polar surface area (TPSA) is 0 Å². The first-order chi connectivity index (χ1) is 9.45. The van der Waals surface area contributed by atoms with E-state index in [0.717, 1.165) is 0 Å². The van der Waals surface area contributed by atoms with E-state index in [4.69, 9.17) is 0 Å². The molecule has 0 heterocycles. The molecule has 0 fully saturated rings. The van der Waals surface area contributed by atoms with Crippen LogP contribution in [0.3, 0.4) is 0 Å². The molecule has 0 aliphatic carbocycles. The van der Waals surface area contributed by atoms with Gasteiger partial charge in [-0.15, -0.1) is 0 Å². The van der Waals surface area contributed by atoms with E-state index >= 15 is 0 Å². The SMILES string of the molecule is [Al+3].[Cl-].[Cl-].[Cl-].c1ccc(P(c2ccccc2)c2ccccc2)cc1. The van der Waals surface area contributed by atoms with Gasteiger partial charge in [-0.25, -0.2) is 0 Å². The fraction of sp³-hybridized carbons (Fsp3) is 0. The van der Waals surface area contributed by atoms with Gasteiger partial charge in [0.25, 0.3) is 0 Å². The average molecular weight is 396 g/mol. The predicted molar refractivity (Wildman–Crippen MR) is 90.9 cm³/mol. The van der Waals surface area contributed by atoms with Gasteiger partial charge in [0.1, 0.15) is 0 Å². The smallest absolute Gasteiger partial charge is 1.00 e. The molecule has 0 aliphatic heterocycles. The van der Waals surface area contributed by atoms with E-state index < -0.39 is 7.92 Å². The molecule has 0 N–H and O–H groups in total. The molecule has 23 heavy (non-hydrogen) atoms. The zero-order valence-corrected chi connectivity index (χ0v) is 16.6. The summed E-state index contributed by atoms with van der Waals surface area (Å²) in [6.07, 6.45) is 0. The molecule has 3 rings (SSSR count). The first-order valence-corrected chi connectivity index (χ1v) is 7.74. The van der Waals surface area contributed by atoms with Gasteiger partial charge in [0, 0.05) is 0 Å². The maximum atomic E-state index is 2.23. The molecule has 0 aromatic heterocycles. The van der Waals surface area contributed by atoms with E-state index in [2.05, 4.69) is 91.0 Å². The van der Waals surface area contributed by atoms with Gasteiger partial charge >= 0.3 is 17.4 Å². The van der Waals surface area contributed by atoms with E-state index in [1.807, 2.05) is 0 Å². The van der Waals surface area contributed by atoms with Crippen LogP contribution in [0.2, 0.25) is 0 Å². The van der Waals surface area contributed by atoms with Crippen molar-refractivity contribution in [3.63, 3.8) is 0 Å². The molecule has 5 heteroatoms. The molecule has 0 spiro atoms. The fourth-order valence-corrected chi connectivity index (χ4v) is 4.48. The van der Waals surface area contributed by atoms with Crippen molar-refractivity contribution >= 4 is 41.2 Å². The molecular formula is C18H15AlCl3P. The summed E-state index contributed by atoms with van der Waals surface area (Å²) >= 11 is 0. The third-order valence-corrected chi connectivity index (χ3v) is 5.49. The minimum Gasteiger partial charge on any atom is -1.00 e. The van der Waals surface area contributed by atoms with Crippen LogP contribution in [-0.4, -0.2) is 17.4 Å². The second-order valence-electron chi connectivity index (χ2n) is 4.34. The first kappa shape index (κ1) is 24.7. The molecule has 0 aliphatic rings. The Morgan fingerprint density at radius 3 is 0.826 bits per heavy atom. The summed E-state index contributed by atoms with van der Waals surface area (Å²) in [5.41, 5.74) is 0.